The highest BCUT2D eigenvalue weighted by Crippen LogP contribution is 2.26. The van der Waals surface area contributed by atoms with E-state index in [1.165, 1.54) is 59.2 Å². The first kappa shape index (κ1) is 16.3. The number of hydrogen-bond donors (Lipinski definition) is 0. The van der Waals surface area contributed by atoms with Crippen LogP contribution >= 0.6 is 11.8 Å². The van der Waals surface area contributed by atoms with Gasteiger partial charge in [0.2, 0.25) is 0 Å². The summed E-state index contributed by atoms with van der Waals surface area (Å²) in [5.74, 6) is 5.85. The molecular formula is C18H29S2+. The van der Waals surface area contributed by atoms with Crippen molar-refractivity contribution in [2.45, 2.75) is 56.8 Å². The van der Waals surface area contributed by atoms with Gasteiger partial charge in [-0.05, 0) is 65.4 Å². The van der Waals surface area contributed by atoms with Crippen molar-refractivity contribution in [1.29, 1.82) is 0 Å². The predicted octanol–water partition coefficient (Wildman–Crippen LogP) is 5.27. The third kappa shape index (κ3) is 5.37. The predicted molar refractivity (Wildman–Crippen MR) is 96.3 cm³/mol. The maximum atomic E-state index is 2.30. The lowest BCUT2D eigenvalue weighted by molar-refractivity contribution is 0.590. The molecule has 0 aliphatic carbocycles. The summed E-state index contributed by atoms with van der Waals surface area (Å²) in [7, 11) is 0.802. The molecule has 1 aliphatic heterocycles. The minimum atomic E-state index is 0.269. The molecule has 0 atom stereocenters. The normalized spacial score (nSPS) is 16.8. The van der Waals surface area contributed by atoms with Crippen LogP contribution in [0.15, 0.2) is 29.2 Å². The molecule has 0 N–H and O–H groups in total. The molecule has 0 amide bonds. The van der Waals surface area contributed by atoms with E-state index in [0.29, 0.717) is 0 Å². The van der Waals surface area contributed by atoms with Gasteiger partial charge in [-0.3, -0.25) is 0 Å². The Labute approximate surface area is 132 Å². The highest BCUT2D eigenvalue weighted by molar-refractivity contribution is 7.99. The summed E-state index contributed by atoms with van der Waals surface area (Å²) in [4.78, 5) is 1.43. The van der Waals surface area contributed by atoms with Gasteiger partial charge in [-0.2, -0.15) is 0 Å². The Hall–Kier alpha value is -0.0800. The molecule has 1 aromatic rings. The Bertz CT molecular complexity index is 383. The molecule has 0 nitrogen and oxygen atoms in total. The van der Waals surface area contributed by atoms with Crippen LogP contribution in [0, 0.1) is 0 Å². The smallest absolute Gasteiger partial charge is 0.108 e. The van der Waals surface area contributed by atoms with Crippen molar-refractivity contribution in [2.24, 2.45) is 0 Å². The third-order valence-electron chi connectivity index (χ3n) is 3.93. The average Bonchev–Trinajstić information content (AvgIpc) is 2.91. The van der Waals surface area contributed by atoms with Crippen LogP contribution in [0.1, 0.15) is 52.0 Å². The van der Waals surface area contributed by atoms with Gasteiger partial charge in [0.05, 0.1) is 0 Å². The standard InChI is InChI=1S/C18H29S2/c1-18(2,3)16-8-10-17(11-9-16)19-12-4-5-13-20-14-6-7-15-20/h8-11H,4-7,12-15H2,1-3H3/q+1. The molecule has 2 rings (SSSR count). The summed E-state index contributed by atoms with van der Waals surface area (Å²) >= 11 is 2.03. The number of rotatable bonds is 6. The highest BCUT2D eigenvalue weighted by atomic mass is 32.2. The Kier molecular flexibility index (Phi) is 6.35. The van der Waals surface area contributed by atoms with Gasteiger partial charge in [-0.25, -0.2) is 0 Å². The molecule has 20 heavy (non-hydrogen) atoms. The van der Waals surface area contributed by atoms with Crippen LogP contribution < -0.4 is 0 Å². The summed E-state index contributed by atoms with van der Waals surface area (Å²) in [5.41, 5.74) is 1.70. The zero-order chi connectivity index (χ0) is 14.4. The molecular weight excluding hydrogens is 280 g/mol. The first-order chi connectivity index (χ1) is 9.55. The van der Waals surface area contributed by atoms with Gasteiger partial charge in [-0.15, -0.1) is 11.8 Å². The summed E-state index contributed by atoms with van der Waals surface area (Å²) in [6, 6.07) is 9.18. The maximum absolute atomic E-state index is 2.30. The molecule has 0 spiro atoms. The second kappa shape index (κ2) is 7.79. The number of thioether (sulfide) groups is 1. The van der Waals surface area contributed by atoms with Crippen molar-refractivity contribution in [1.82, 2.24) is 0 Å². The minimum absolute atomic E-state index is 0.269. The molecule has 1 heterocycles. The van der Waals surface area contributed by atoms with Crippen LogP contribution in [-0.2, 0) is 16.3 Å². The van der Waals surface area contributed by atoms with Gasteiger partial charge in [-0.1, -0.05) is 32.9 Å². The third-order valence-corrected chi connectivity index (χ3v) is 7.63. The second-order valence-electron chi connectivity index (χ2n) is 6.76. The van der Waals surface area contributed by atoms with Crippen molar-refractivity contribution in [3.8, 4) is 0 Å². The Balaban J connectivity index is 1.64. The minimum Gasteiger partial charge on any atom is -0.126 e. The fourth-order valence-electron chi connectivity index (χ4n) is 2.57. The van der Waals surface area contributed by atoms with Crippen molar-refractivity contribution in [3.63, 3.8) is 0 Å². The first-order valence-electron chi connectivity index (χ1n) is 7.93. The number of unbranched alkanes of at least 4 members (excludes halogenated alkanes) is 1. The first-order valence-corrected chi connectivity index (χ1v) is 10.6. The van der Waals surface area contributed by atoms with Gasteiger partial charge >= 0.3 is 0 Å². The fraction of sp³-hybridized carbons (Fsp3) is 0.667. The van der Waals surface area contributed by atoms with E-state index >= 15 is 0 Å². The van der Waals surface area contributed by atoms with E-state index in [4.69, 9.17) is 0 Å². The molecule has 1 fully saturated rings. The monoisotopic (exact) mass is 309 g/mol. The lowest BCUT2D eigenvalue weighted by Gasteiger charge is -2.19. The Morgan fingerprint density at radius 1 is 1.00 bits per heavy atom. The summed E-state index contributed by atoms with van der Waals surface area (Å²) < 4.78 is 0. The molecule has 0 saturated carbocycles. The molecule has 0 unspecified atom stereocenters. The van der Waals surface area contributed by atoms with Gasteiger partial charge in [0.1, 0.15) is 17.3 Å². The average molecular weight is 310 g/mol. The van der Waals surface area contributed by atoms with Gasteiger partial charge in [0, 0.05) is 4.90 Å². The van der Waals surface area contributed by atoms with Gasteiger partial charge < -0.3 is 0 Å². The molecule has 112 valence electrons. The largest absolute Gasteiger partial charge is 0.126 e. The fourth-order valence-corrected chi connectivity index (χ4v) is 5.93. The Morgan fingerprint density at radius 3 is 2.25 bits per heavy atom. The lowest BCUT2D eigenvalue weighted by Crippen LogP contribution is -2.10. The van der Waals surface area contributed by atoms with E-state index < -0.39 is 0 Å². The van der Waals surface area contributed by atoms with Crippen molar-refractivity contribution in [2.75, 3.05) is 23.0 Å². The molecule has 1 saturated heterocycles. The van der Waals surface area contributed by atoms with Crippen molar-refractivity contribution < 1.29 is 0 Å². The van der Waals surface area contributed by atoms with Crippen LogP contribution in [0.5, 0.6) is 0 Å². The summed E-state index contributed by atoms with van der Waals surface area (Å²) in [5, 5.41) is 0. The Morgan fingerprint density at radius 2 is 1.65 bits per heavy atom. The van der Waals surface area contributed by atoms with E-state index in [1.807, 2.05) is 11.8 Å². The molecule has 0 aromatic heterocycles. The highest BCUT2D eigenvalue weighted by Gasteiger charge is 2.22. The topological polar surface area (TPSA) is 0 Å². The molecule has 0 bridgehead atoms. The van der Waals surface area contributed by atoms with Crippen molar-refractivity contribution in [3.05, 3.63) is 29.8 Å². The summed E-state index contributed by atoms with van der Waals surface area (Å²) in [6.07, 6.45) is 5.82. The van der Waals surface area contributed by atoms with Crippen LogP contribution in [0.25, 0.3) is 0 Å². The van der Waals surface area contributed by atoms with Crippen LogP contribution in [-0.4, -0.2) is 23.0 Å². The molecule has 2 heteroatoms. The van der Waals surface area contributed by atoms with Gasteiger partial charge in [0.25, 0.3) is 0 Å². The van der Waals surface area contributed by atoms with E-state index in [2.05, 4.69) is 45.0 Å². The number of hydrogen-bond acceptors (Lipinski definition) is 1. The van der Waals surface area contributed by atoms with E-state index in [9.17, 15) is 0 Å². The zero-order valence-electron chi connectivity index (χ0n) is 13.3. The van der Waals surface area contributed by atoms with Crippen molar-refractivity contribution >= 4 is 22.7 Å². The van der Waals surface area contributed by atoms with E-state index in [-0.39, 0.29) is 5.41 Å². The second-order valence-corrected chi connectivity index (χ2v) is 10.4. The quantitative estimate of drug-likeness (QED) is 0.392. The van der Waals surface area contributed by atoms with Gasteiger partial charge in [0.15, 0.2) is 0 Å². The number of benzene rings is 1. The molecule has 0 radical (unpaired) electrons. The molecule has 1 aliphatic rings. The van der Waals surface area contributed by atoms with Crippen LogP contribution in [0.2, 0.25) is 0 Å². The van der Waals surface area contributed by atoms with Crippen LogP contribution in [0.3, 0.4) is 0 Å². The zero-order valence-corrected chi connectivity index (χ0v) is 14.9. The van der Waals surface area contributed by atoms with Crippen LogP contribution in [0.4, 0.5) is 0 Å². The maximum Gasteiger partial charge on any atom is 0.108 e. The van der Waals surface area contributed by atoms with E-state index in [1.54, 1.807) is 0 Å². The summed E-state index contributed by atoms with van der Waals surface area (Å²) in [6.45, 7) is 6.83. The van der Waals surface area contributed by atoms with E-state index in [0.717, 1.165) is 10.9 Å². The lowest BCUT2D eigenvalue weighted by atomic mass is 9.87. The molecule has 1 aromatic carbocycles. The SMILES string of the molecule is CC(C)(C)c1ccc(SCCCC[S+]2CCCC2)cc1.